The van der Waals surface area contributed by atoms with E-state index in [0.717, 1.165) is 23.1 Å². The lowest BCUT2D eigenvalue weighted by molar-refractivity contribution is -0.144. The van der Waals surface area contributed by atoms with Crippen molar-refractivity contribution in [3.05, 3.63) is 35.1 Å². The van der Waals surface area contributed by atoms with Crippen molar-refractivity contribution in [2.24, 2.45) is 0 Å². The maximum absolute atomic E-state index is 13.7. The van der Waals surface area contributed by atoms with Crippen LogP contribution in [0.25, 0.3) is 0 Å². The Morgan fingerprint density at radius 2 is 1.80 bits per heavy atom. The van der Waals surface area contributed by atoms with E-state index >= 15 is 0 Å². The number of halogens is 1. The normalized spacial score (nSPS) is 16.1. The van der Waals surface area contributed by atoms with Crippen molar-refractivity contribution in [1.82, 2.24) is 4.90 Å². The van der Waals surface area contributed by atoms with Gasteiger partial charge in [0, 0.05) is 18.4 Å². The Labute approximate surface area is 115 Å². The molecule has 1 aromatic rings. The zero-order valence-corrected chi connectivity index (χ0v) is 10.8. The predicted molar refractivity (Wildman–Crippen MR) is 67.4 cm³/mol. The van der Waals surface area contributed by atoms with E-state index in [9.17, 15) is 18.8 Å². The van der Waals surface area contributed by atoms with Gasteiger partial charge in [0.05, 0.1) is 12.1 Å². The Morgan fingerprint density at radius 1 is 1.20 bits per heavy atom. The monoisotopic (exact) mass is 279 g/mol. The Morgan fingerprint density at radius 3 is 2.35 bits per heavy atom. The molecule has 2 rings (SSSR count). The number of likely N-dealkylation sites (tertiary alicyclic amines) is 1. The van der Waals surface area contributed by atoms with Crippen molar-refractivity contribution in [3.8, 4) is 0 Å². The van der Waals surface area contributed by atoms with Gasteiger partial charge in [0.15, 0.2) is 0 Å². The molecule has 106 valence electrons. The van der Waals surface area contributed by atoms with Crippen LogP contribution in [0.2, 0.25) is 0 Å². The summed E-state index contributed by atoms with van der Waals surface area (Å²) in [5.41, 5.74) is -0.0374. The Kier molecular flexibility index (Phi) is 4.12. The lowest BCUT2D eigenvalue weighted by Crippen LogP contribution is -2.34. The number of aromatic carboxylic acids is 1. The molecule has 1 aliphatic rings. The van der Waals surface area contributed by atoms with Gasteiger partial charge in [-0.05, 0) is 31.0 Å². The van der Waals surface area contributed by atoms with Crippen molar-refractivity contribution in [1.29, 1.82) is 0 Å². The first-order valence-electron chi connectivity index (χ1n) is 6.34. The molecule has 2 amide bonds. The third-order valence-corrected chi connectivity index (χ3v) is 3.25. The minimum absolute atomic E-state index is 0.0356. The maximum atomic E-state index is 13.7. The number of rotatable bonds is 3. The second kappa shape index (κ2) is 5.81. The summed E-state index contributed by atoms with van der Waals surface area (Å²) in [5, 5.41) is 8.89. The van der Waals surface area contributed by atoms with E-state index in [2.05, 4.69) is 0 Å². The smallest absolute Gasteiger partial charge is 0.335 e. The van der Waals surface area contributed by atoms with Crippen molar-refractivity contribution in [3.63, 3.8) is 0 Å². The van der Waals surface area contributed by atoms with E-state index < -0.39 is 11.8 Å². The minimum atomic E-state index is -1.18. The van der Waals surface area contributed by atoms with E-state index in [1.54, 1.807) is 0 Å². The minimum Gasteiger partial charge on any atom is -0.478 e. The molecule has 1 aliphatic heterocycles. The highest BCUT2D eigenvalue weighted by molar-refractivity contribution is 5.96. The number of imide groups is 1. The van der Waals surface area contributed by atoms with Gasteiger partial charge in [-0.3, -0.25) is 14.5 Å². The van der Waals surface area contributed by atoms with Gasteiger partial charge in [0.25, 0.3) is 0 Å². The molecule has 0 saturated carbocycles. The lowest BCUT2D eigenvalue weighted by atomic mass is 10.1. The molecule has 0 aliphatic carbocycles. The molecule has 0 unspecified atom stereocenters. The maximum Gasteiger partial charge on any atom is 0.335 e. The third-order valence-electron chi connectivity index (χ3n) is 3.25. The van der Waals surface area contributed by atoms with Crippen LogP contribution in [0.4, 0.5) is 4.39 Å². The number of carbonyl (C=O) groups excluding carboxylic acids is 2. The average Bonchev–Trinajstić information content (AvgIpc) is 2.55. The predicted octanol–water partition coefficient (Wildman–Crippen LogP) is 1.95. The van der Waals surface area contributed by atoms with Gasteiger partial charge in [-0.25, -0.2) is 9.18 Å². The van der Waals surface area contributed by atoms with Gasteiger partial charge < -0.3 is 5.11 Å². The molecule has 1 heterocycles. The van der Waals surface area contributed by atoms with E-state index in [1.165, 1.54) is 0 Å². The molecule has 1 saturated heterocycles. The highest BCUT2D eigenvalue weighted by Crippen LogP contribution is 2.18. The van der Waals surface area contributed by atoms with Gasteiger partial charge in [-0.15, -0.1) is 0 Å². The largest absolute Gasteiger partial charge is 0.478 e. The quantitative estimate of drug-likeness (QED) is 0.858. The Bertz CT molecular complexity index is 552. The molecule has 0 bridgehead atoms. The first-order chi connectivity index (χ1) is 9.49. The number of carboxylic acids is 1. The molecule has 0 atom stereocenters. The van der Waals surface area contributed by atoms with Crippen molar-refractivity contribution < 1.29 is 23.9 Å². The molecule has 6 heteroatoms. The van der Waals surface area contributed by atoms with Crippen LogP contribution < -0.4 is 0 Å². The second-order valence-electron chi connectivity index (χ2n) is 4.69. The van der Waals surface area contributed by atoms with Gasteiger partial charge in [0.1, 0.15) is 5.82 Å². The van der Waals surface area contributed by atoms with Gasteiger partial charge in [-0.1, -0.05) is 0 Å². The van der Waals surface area contributed by atoms with E-state index in [0.29, 0.717) is 12.8 Å². The van der Waals surface area contributed by atoms with Gasteiger partial charge in [-0.2, -0.15) is 0 Å². The summed E-state index contributed by atoms with van der Waals surface area (Å²) in [4.78, 5) is 35.5. The first-order valence-corrected chi connectivity index (χ1v) is 6.34. The molecular formula is C14H14FNO4. The fourth-order valence-electron chi connectivity index (χ4n) is 2.14. The van der Waals surface area contributed by atoms with E-state index in [4.69, 9.17) is 5.11 Å². The van der Waals surface area contributed by atoms with Crippen LogP contribution in [0.15, 0.2) is 18.2 Å². The number of benzene rings is 1. The van der Waals surface area contributed by atoms with Crippen LogP contribution in [0.3, 0.4) is 0 Å². The van der Waals surface area contributed by atoms with Crippen LogP contribution >= 0.6 is 0 Å². The molecule has 0 aromatic heterocycles. The summed E-state index contributed by atoms with van der Waals surface area (Å²) in [6.07, 6.45) is 1.79. The molecule has 20 heavy (non-hydrogen) atoms. The summed E-state index contributed by atoms with van der Waals surface area (Å²) in [6.45, 7) is -0.218. The molecular weight excluding hydrogens is 265 g/mol. The molecule has 1 N–H and O–H groups in total. The standard InChI is InChI=1S/C14H14FNO4/c15-11-6-5-9(14(19)20)7-10(11)8-16-12(17)3-1-2-4-13(16)18/h5-7H,1-4,8H2,(H,19,20). The van der Waals surface area contributed by atoms with Crippen LogP contribution in [0.5, 0.6) is 0 Å². The summed E-state index contributed by atoms with van der Waals surface area (Å²) in [5.74, 6) is -2.49. The zero-order chi connectivity index (χ0) is 14.7. The van der Waals surface area contributed by atoms with Gasteiger partial charge in [0.2, 0.25) is 11.8 Å². The third kappa shape index (κ3) is 3.01. The van der Waals surface area contributed by atoms with Crippen LogP contribution in [-0.4, -0.2) is 27.8 Å². The molecule has 5 nitrogen and oxygen atoms in total. The zero-order valence-electron chi connectivity index (χ0n) is 10.8. The molecule has 0 spiro atoms. The molecule has 0 radical (unpaired) electrons. The summed E-state index contributed by atoms with van der Waals surface area (Å²) < 4.78 is 13.7. The summed E-state index contributed by atoms with van der Waals surface area (Å²) >= 11 is 0. The average molecular weight is 279 g/mol. The lowest BCUT2D eigenvalue weighted by Gasteiger charge is -2.19. The topological polar surface area (TPSA) is 74.7 Å². The van der Waals surface area contributed by atoms with E-state index in [1.807, 2.05) is 0 Å². The Balaban J connectivity index is 2.27. The summed E-state index contributed by atoms with van der Waals surface area (Å²) in [7, 11) is 0. The number of hydrogen-bond acceptors (Lipinski definition) is 3. The van der Waals surface area contributed by atoms with Crippen molar-refractivity contribution >= 4 is 17.8 Å². The van der Waals surface area contributed by atoms with Crippen molar-refractivity contribution in [2.45, 2.75) is 32.2 Å². The van der Waals surface area contributed by atoms with Gasteiger partial charge >= 0.3 is 5.97 Å². The second-order valence-corrected chi connectivity index (χ2v) is 4.69. The highest BCUT2D eigenvalue weighted by atomic mass is 19.1. The van der Waals surface area contributed by atoms with Crippen LogP contribution in [0.1, 0.15) is 41.6 Å². The van der Waals surface area contributed by atoms with Crippen LogP contribution in [0, 0.1) is 5.82 Å². The highest BCUT2D eigenvalue weighted by Gasteiger charge is 2.25. The summed E-state index contributed by atoms with van der Waals surface area (Å²) in [6, 6.07) is 3.34. The number of carbonyl (C=O) groups is 3. The molecule has 1 aromatic carbocycles. The number of hydrogen-bond donors (Lipinski definition) is 1. The fourth-order valence-corrected chi connectivity index (χ4v) is 2.14. The fraction of sp³-hybridized carbons (Fsp3) is 0.357. The number of amides is 2. The van der Waals surface area contributed by atoms with Crippen LogP contribution in [-0.2, 0) is 16.1 Å². The number of carboxylic acid groups (broad SMARTS) is 1. The number of nitrogens with zero attached hydrogens (tertiary/aromatic N) is 1. The molecule has 1 fully saturated rings. The first kappa shape index (κ1) is 14.2. The SMILES string of the molecule is O=C(O)c1ccc(F)c(CN2C(=O)CCCCC2=O)c1. The Hall–Kier alpha value is -2.24. The van der Waals surface area contributed by atoms with Crippen molar-refractivity contribution in [2.75, 3.05) is 0 Å². The van der Waals surface area contributed by atoms with E-state index in [-0.39, 0.29) is 42.3 Å².